The lowest BCUT2D eigenvalue weighted by atomic mass is 10.0. The maximum Gasteiger partial charge on any atom is 0.270 e. The lowest BCUT2D eigenvalue weighted by Gasteiger charge is -2.12. The zero-order valence-electron chi connectivity index (χ0n) is 8.43. The third-order valence-corrected chi connectivity index (χ3v) is 1.99. The summed E-state index contributed by atoms with van der Waals surface area (Å²) >= 11 is 0. The molecule has 0 saturated carbocycles. The third-order valence-electron chi connectivity index (χ3n) is 1.99. The number of halogens is 2. The Morgan fingerprint density at radius 3 is 2.57 bits per heavy atom. The monoisotopic (exact) mass is 199 g/mol. The van der Waals surface area contributed by atoms with Crippen molar-refractivity contribution in [2.45, 2.75) is 32.2 Å². The molecule has 0 radical (unpaired) electrons. The predicted molar refractivity (Wildman–Crippen MR) is 53.4 cm³/mol. The molecule has 0 spiro atoms. The molecule has 0 heterocycles. The number of nitrogens with two attached hydrogens (primary N) is 1. The summed E-state index contributed by atoms with van der Waals surface area (Å²) in [6.45, 7) is 2.76. The quantitative estimate of drug-likeness (QED) is 0.795. The second-order valence-corrected chi connectivity index (χ2v) is 3.77. The smallest absolute Gasteiger partial charge is 0.270 e. The summed E-state index contributed by atoms with van der Waals surface area (Å²) in [5, 5.41) is 0. The minimum atomic E-state index is -2.77. The number of alkyl halides is 2. The van der Waals surface area contributed by atoms with E-state index in [9.17, 15) is 8.78 Å². The van der Waals surface area contributed by atoms with Crippen LogP contribution >= 0.6 is 0 Å². The van der Waals surface area contributed by atoms with E-state index in [2.05, 4.69) is 0 Å². The van der Waals surface area contributed by atoms with Gasteiger partial charge in [0.05, 0.1) is 0 Å². The molecule has 0 aromatic heterocycles. The van der Waals surface area contributed by atoms with Crippen LogP contribution in [0.3, 0.4) is 0 Å². The molecule has 0 aliphatic carbocycles. The van der Waals surface area contributed by atoms with E-state index in [0.717, 1.165) is 12.5 Å². The minimum Gasteiger partial charge on any atom is -0.328 e. The molecule has 78 valence electrons. The van der Waals surface area contributed by atoms with Crippen molar-refractivity contribution in [3.63, 3.8) is 0 Å². The van der Waals surface area contributed by atoms with Crippen LogP contribution in [0, 0.1) is 0 Å². The molecular formula is C11H15F2N. The van der Waals surface area contributed by atoms with Gasteiger partial charge in [0.25, 0.3) is 5.92 Å². The van der Waals surface area contributed by atoms with Crippen LogP contribution in [0.4, 0.5) is 8.78 Å². The Bertz CT molecular complexity index is 302. The first-order chi connectivity index (χ1) is 6.39. The predicted octanol–water partition coefficient (Wildman–Crippen LogP) is 2.69. The largest absolute Gasteiger partial charge is 0.328 e. The van der Waals surface area contributed by atoms with E-state index in [0.29, 0.717) is 6.42 Å². The first-order valence-electron chi connectivity index (χ1n) is 4.62. The summed E-state index contributed by atoms with van der Waals surface area (Å²) in [5.74, 6) is -2.77. The van der Waals surface area contributed by atoms with E-state index in [4.69, 9.17) is 5.73 Å². The number of rotatable bonds is 3. The average Bonchev–Trinajstić information content (AvgIpc) is 2.01. The van der Waals surface area contributed by atoms with Crippen LogP contribution in [0.5, 0.6) is 0 Å². The van der Waals surface area contributed by atoms with Crippen molar-refractivity contribution < 1.29 is 8.78 Å². The van der Waals surface area contributed by atoms with E-state index >= 15 is 0 Å². The normalized spacial score (nSPS) is 14.1. The van der Waals surface area contributed by atoms with Crippen molar-refractivity contribution in [3.8, 4) is 0 Å². The summed E-state index contributed by atoms with van der Waals surface area (Å²) in [6, 6.07) is 6.41. The molecule has 0 aliphatic heterocycles. The van der Waals surface area contributed by atoms with Crippen LogP contribution in [-0.2, 0) is 12.3 Å². The van der Waals surface area contributed by atoms with E-state index in [1.807, 2.05) is 13.0 Å². The third kappa shape index (κ3) is 3.07. The molecule has 14 heavy (non-hydrogen) atoms. The Morgan fingerprint density at radius 2 is 2.07 bits per heavy atom. The summed E-state index contributed by atoms with van der Waals surface area (Å²) in [5.41, 5.74) is 6.51. The molecule has 1 aromatic rings. The molecule has 1 unspecified atom stereocenters. The first-order valence-corrected chi connectivity index (χ1v) is 4.62. The Labute approximate surface area is 82.9 Å². The van der Waals surface area contributed by atoms with Crippen LogP contribution in [0.2, 0.25) is 0 Å². The molecule has 1 nitrogen and oxygen atoms in total. The van der Waals surface area contributed by atoms with Crippen molar-refractivity contribution in [2.24, 2.45) is 5.73 Å². The van der Waals surface area contributed by atoms with Crippen LogP contribution in [-0.4, -0.2) is 6.04 Å². The standard InChI is InChI=1S/C11H15F2N/c1-8(14)6-9-4-3-5-10(7-9)11(2,12)13/h3-5,7-8H,6,14H2,1-2H3. The fourth-order valence-corrected chi connectivity index (χ4v) is 1.34. The molecule has 3 heteroatoms. The average molecular weight is 199 g/mol. The van der Waals surface area contributed by atoms with Crippen molar-refractivity contribution in [2.75, 3.05) is 0 Å². The molecule has 0 saturated heterocycles. The van der Waals surface area contributed by atoms with Gasteiger partial charge in [0.2, 0.25) is 0 Å². The molecule has 2 N–H and O–H groups in total. The van der Waals surface area contributed by atoms with E-state index in [1.165, 1.54) is 12.1 Å². The minimum absolute atomic E-state index is 0.00396. The van der Waals surface area contributed by atoms with Gasteiger partial charge in [-0.3, -0.25) is 0 Å². The van der Waals surface area contributed by atoms with E-state index in [-0.39, 0.29) is 11.6 Å². The summed E-state index contributed by atoms with van der Waals surface area (Å²) in [7, 11) is 0. The fourth-order valence-electron chi connectivity index (χ4n) is 1.34. The Hall–Kier alpha value is -0.960. The second-order valence-electron chi connectivity index (χ2n) is 3.77. The van der Waals surface area contributed by atoms with Crippen LogP contribution in [0.15, 0.2) is 24.3 Å². The highest BCUT2D eigenvalue weighted by Gasteiger charge is 2.23. The molecule has 0 aliphatic rings. The van der Waals surface area contributed by atoms with Crippen molar-refractivity contribution in [1.29, 1.82) is 0 Å². The highest BCUT2D eigenvalue weighted by Crippen LogP contribution is 2.27. The highest BCUT2D eigenvalue weighted by atomic mass is 19.3. The molecule has 0 fully saturated rings. The Kier molecular flexibility index (Phi) is 3.21. The number of hydrogen-bond donors (Lipinski definition) is 1. The van der Waals surface area contributed by atoms with Gasteiger partial charge in [-0.1, -0.05) is 18.2 Å². The molecule has 1 atom stereocenters. The first kappa shape index (κ1) is 11.1. The van der Waals surface area contributed by atoms with Gasteiger partial charge in [-0.2, -0.15) is 0 Å². The van der Waals surface area contributed by atoms with Crippen LogP contribution < -0.4 is 5.73 Å². The van der Waals surface area contributed by atoms with Crippen molar-refractivity contribution in [1.82, 2.24) is 0 Å². The van der Waals surface area contributed by atoms with Crippen LogP contribution in [0.1, 0.15) is 25.0 Å². The topological polar surface area (TPSA) is 26.0 Å². The lowest BCUT2D eigenvalue weighted by Crippen LogP contribution is -2.18. The van der Waals surface area contributed by atoms with Gasteiger partial charge in [-0.25, -0.2) is 8.78 Å². The Balaban J connectivity index is 2.90. The van der Waals surface area contributed by atoms with Gasteiger partial charge in [-0.15, -0.1) is 0 Å². The summed E-state index contributed by atoms with van der Waals surface area (Å²) in [6.07, 6.45) is 0.629. The zero-order chi connectivity index (χ0) is 10.8. The number of hydrogen-bond acceptors (Lipinski definition) is 1. The van der Waals surface area contributed by atoms with E-state index in [1.54, 1.807) is 6.07 Å². The number of benzene rings is 1. The molecule has 1 aromatic carbocycles. The van der Waals surface area contributed by atoms with Gasteiger partial charge in [0, 0.05) is 18.5 Å². The Morgan fingerprint density at radius 1 is 1.43 bits per heavy atom. The van der Waals surface area contributed by atoms with Gasteiger partial charge in [0.15, 0.2) is 0 Å². The molecule has 0 amide bonds. The zero-order valence-corrected chi connectivity index (χ0v) is 8.43. The van der Waals surface area contributed by atoms with Gasteiger partial charge >= 0.3 is 0 Å². The fraction of sp³-hybridized carbons (Fsp3) is 0.455. The maximum absolute atomic E-state index is 12.9. The SMILES string of the molecule is CC(N)Cc1cccc(C(C)(F)F)c1. The van der Waals surface area contributed by atoms with Gasteiger partial charge in [-0.05, 0) is 25.0 Å². The summed E-state index contributed by atoms with van der Waals surface area (Å²) < 4.78 is 25.9. The van der Waals surface area contributed by atoms with E-state index < -0.39 is 5.92 Å². The van der Waals surface area contributed by atoms with Crippen molar-refractivity contribution in [3.05, 3.63) is 35.4 Å². The van der Waals surface area contributed by atoms with Crippen LogP contribution in [0.25, 0.3) is 0 Å². The molecule has 1 rings (SSSR count). The molecule has 0 bridgehead atoms. The maximum atomic E-state index is 12.9. The van der Waals surface area contributed by atoms with Crippen molar-refractivity contribution >= 4 is 0 Å². The summed E-state index contributed by atoms with van der Waals surface area (Å²) in [4.78, 5) is 0. The molecular weight excluding hydrogens is 184 g/mol. The lowest BCUT2D eigenvalue weighted by molar-refractivity contribution is 0.0174. The highest BCUT2D eigenvalue weighted by molar-refractivity contribution is 5.26. The van der Waals surface area contributed by atoms with Gasteiger partial charge in [0.1, 0.15) is 0 Å². The van der Waals surface area contributed by atoms with Gasteiger partial charge < -0.3 is 5.73 Å². The second kappa shape index (κ2) is 4.05.